The number of nitrogens with one attached hydrogen (secondary N) is 1. The van der Waals surface area contributed by atoms with E-state index >= 15 is 0 Å². The normalized spacial score (nSPS) is 10.5. The maximum atomic E-state index is 12.3. The summed E-state index contributed by atoms with van der Waals surface area (Å²) < 4.78 is 5.80. The van der Waals surface area contributed by atoms with Gasteiger partial charge in [0.1, 0.15) is 23.8 Å². The summed E-state index contributed by atoms with van der Waals surface area (Å²) in [6.07, 6.45) is 2.76. The van der Waals surface area contributed by atoms with Gasteiger partial charge in [-0.1, -0.05) is 19.4 Å². The highest BCUT2D eigenvalue weighted by molar-refractivity contribution is 5.97. The van der Waals surface area contributed by atoms with E-state index < -0.39 is 5.97 Å². The minimum absolute atomic E-state index is 0.0994. The molecule has 0 atom stereocenters. The van der Waals surface area contributed by atoms with Crippen LogP contribution < -0.4 is 10.1 Å². The van der Waals surface area contributed by atoms with Crippen molar-refractivity contribution in [3.63, 3.8) is 0 Å². The lowest BCUT2D eigenvalue weighted by atomic mass is 10.0. The second-order valence-corrected chi connectivity index (χ2v) is 7.15. The van der Waals surface area contributed by atoms with Crippen molar-refractivity contribution in [2.24, 2.45) is 0 Å². The predicted molar refractivity (Wildman–Crippen MR) is 114 cm³/mol. The van der Waals surface area contributed by atoms with Crippen LogP contribution in [0.25, 0.3) is 0 Å². The number of amides is 1. The topological polar surface area (TPSA) is 126 Å². The molecule has 1 aromatic carbocycles. The van der Waals surface area contributed by atoms with Gasteiger partial charge in [0.15, 0.2) is 5.78 Å². The Morgan fingerprint density at radius 3 is 2.58 bits per heavy atom. The molecule has 2 rings (SSSR count). The summed E-state index contributed by atoms with van der Waals surface area (Å²) >= 11 is 0. The van der Waals surface area contributed by atoms with Crippen LogP contribution in [0, 0.1) is 0 Å². The van der Waals surface area contributed by atoms with Crippen molar-refractivity contribution in [3.8, 4) is 11.5 Å². The number of carboxylic acid groups (broad SMARTS) is 1. The number of carboxylic acids is 1. The predicted octanol–water partition coefficient (Wildman–Crippen LogP) is 3.51. The van der Waals surface area contributed by atoms with E-state index in [1.54, 1.807) is 24.3 Å². The minimum atomic E-state index is -0.816. The number of aromatic nitrogens is 1. The van der Waals surface area contributed by atoms with Crippen LogP contribution in [0.2, 0.25) is 0 Å². The van der Waals surface area contributed by atoms with E-state index in [1.807, 2.05) is 6.92 Å². The molecule has 0 saturated heterocycles. The monoisotopic (exact) mass is 428 g/mol. The SMILES string of the molecule is CCc1cc(C(C)=O)c(O)cc1OCc1cccc(C(=O)NCCCCCC(=O)O)n1. The van der Waals surface area contributed by atoms with E-state index in [-0.39, 0.29) is 41.7 Å². The van der Waals surface area contributed by atoms with Crippen molar-refractivity contribution in [1.29, 1.82) is 0 Å². The number of ether oxygens (including phenoxy) is 1. The van der Waals surface area contributed by atoms with Crippen molar-refractivity contribution in [2.75, 3.05) is 6.54 Å². The molecule has 0 aliphatic rings. The molecule has 1 aromatic heterocycles. The van der Waals surface area contributed by atoms with Gasteiger partial charge in [0.2, 0.25) is 0 Å². The van der Waals surface area contributed by atoms with Gasteiger partial charge in [-0.05, 0) is 49.9 Å². The number of aliphatic carboxylic acids is 1. The van der Waals surface area contributed by atoms with Gasteiger partial charge in [0.05, 0.1) is 11.3 Å². The summed E-state index contributed by atoms with van der Waals surface area (Å²) in [7, 11) is 0. The van der Waals surface area contributed by atoms with Crippen LogP contribution in [-0.4, -0.2) is 39.4 Å². The van der Waals surface area contributed by atoms with Gasteiger partial charge >= 0.3 is 5.97 Å². The number of hydrogen-bond donors (Lipinski definition) is 3. The summed E-state index contributed by atoms with van der Waals surface area (Å²) in [6, 6.07) is 8.11. The van der Waals surface area contributed by atoms with Crippen molar-refractivity contribution in [1.82, 2.24) is 10.3 Å². The molecular formula is C23H28N2O6. The average molecular weight is 428 g/mol. The maximum absolute atomic E-state index is 12.3. The number of unbranched alkanes of at least 4 members (excludes halogenated alkanes) is 2. The summed E-state index contributed by atoms with van der Waals surface area (Å²) in [5, 5.41) is 21.4. The first-order chi connectivity index (χ1) is 14.8. The number of aryl methyl sites for hydroxylation is 1. The Morgan fingerprint density at radius 2 is 1.90 bits per heavy atom. The molecular weight excluding hydrogens is 400 g/mol. The molecule has 8 nitrogen and oxygen atoms in total. The maximum Gasteiger partial charge on any atom is 0.303 e. The lowest BCUT2D eigenvalue weighted by Crippen LogP contribution is -2.25. The molecule has 0 aliphatic carbocycles. The third-order valence-corrected chi connectivity index (χ3v) is 4.71. The number of carbonyl (C=O) groups is 3. The van der Waals surface area contributed by atoms with Crippen LogP contribution in [0.5, 0.6) is 11.5 Å². The van der Waals surface area contributed by atoms with Crippen LogP contribution >= 0.6 is 0 Å². The van der Waals surface area contributed by atoms with Gasteiger partial charge in [-0.2, -0.15) is 0 Å². The average Bonchev–Trinajstić information content (AvgIpc) is 2.74. The Kier molecular flexibility index (Phi) is 8.99. The summed E-state index contributed by atoms with van der Waals surface area (Å²) in [5.41, 5.74) is 1.85. The summed E-state index contributed by atoms with van der Waals surface area (Å²) in [6.45, 7) is 3.87. The fourth-order valence-corrected chi connectivity index (χ4v) is 3.02. The summed E-state index contributed by atoms with van der Waals surface area (Å²) in [4.78, 5) is 38.7. The third kappa shape index (κ3) is 7.40. The zero-order valence-corrected chi connectivity index (χ0v) is 17.8. The molecule has 0 spiro atoms. The number of pyridine rings is 1. The number of benzene rings is 1. The molecule has 3 N–H and O–H groups in total. The number of aromatic hydroxyl groups is 1. The highest BCUT2D eigenvalue weighted by atomic mass is 16.5. The van der Waals surface area contributed by atoms with E-state index in [9.17, 15) is 19.5 Å². The van der Waals surface area contributed by atoms with Crippen LogP contribution in [0.15, 0.2) is 30.3 Å². The van der Waals surface area contributed by atoms with Crippen LogP contribution in [0.4, 0.5) is 0 Å². The zero-order chi connectivity index (χ0) is 22.8. The van der Waals surface area contributed by atoms with Gasteiger partial charge in [-0.3, -0.25) is 14.4 Å². The van der Waals surface area contributed by atoms with E-state index in [4.69, 9.17) is 9.84 Å². The lowest BCUT2D eigenvalue weighted by molar-refractivity contribution is -0.137. The standard InChI is InChI=1S/C23H28N2O6/c1-3-16-12-18(15(2)26)20(27)13-21(16)31-14-17-8-7-9-19(25-17)23(30)24-11-6-4-5-10-22(28)29/h7-9,12-13,27H,3-6,10-11,14H2,1-2H3,(H,24,30)(H,28,29). The van der Waals surface area contributed by atoms with Crippen molar-refractivity contribution >= 4 is 17.7 Å². The Balaban J connectivity index is 1.94. The number of ketones is 1. The molecule has 0 aliphatic heterocycles. The Bertz CT molecular complexity index is 942. The molecule has 2 aromatic rings. The first-order valence-electron chi connectivity index (χ1n) is 10.3. The number of nitrogens with zero attached hydrogens (tertiary/aromatic N) is 1. The van der Waals surface area contributed by atoms with Gasteiger partial charge in [-0.15, -0.1) is 0 Å². The van der Waals surface area contributed by atoms with Gasteiger partial charge in [0, 0.05) is 19.0 Å². The molecule has 0 bridgehead atoms. The van der Waals surface area contributed by atoms with E-state index in [2.05, 4.69) is 10.3 Å². The smallest absolute Gasteiger partial charge is 0.303 e. The minimum Gasteiger partial charge on any atom is -0.507 e. The van der Waals surface area contributed by atoms with Crippen LogP contribution in [0.1, 0.15) is 71.6 Å². The van der Waals surface area contributed by atoms with Crippen molar-refractivity contribution in [3.05, 3.63) is 52.8 Å². The first-order valence-corrected chi connectivity index (χ1v) is 10.3. The highest BCUT2D eigenvalue weighted by Crippen LogP contribution is 2.29. The van der Waals surface area contributed by atoms with E-state index in [0.29, 0.717) is 37.3 Å². The second kappa shape index (κ2) is 11.7. The number of phenolic OH excluding ortho intramolecular Hbond substituents is 1. The van der Waals surface area contributed by atoms with Gasteiger partial charge in [0.25, 0.3) is 5.91 Å². The second-order valence-electron chi connectivity index (χ2n) is 7.15. The molecule has 0 saturated carbocycles. The third-order valence-electron chi connectivity index (χ3n) is 4.71. The fourth-order valence-electron chi connectivity index (χ4n) is 3.02. The van der Waals surface area contributed by atoms with Crippen LogP contribution in [0.3, 0.4) is 0 Å². The van der Waals surface area contributed by atoms with Crippen LogP contribution in [-0.2, 0) is 17.8 Å². The molecule has 0 unspecified atom stereocenters. The Hall–Kier alpha value is -3.42. The fraction of sp³-hybridized carbons (Fsp3) is 0.391. The number of hydrogen-bond acceptors (Lipinski definition) is 6. The largest absolute Gasteiger partial charge is 0.507 e. The number of phenols is 1. The van der Waals surface area contributed by atoms with Gasteiger partial charge < -0.3 is 20.3 Å². The molecule has 166 valence electrons. The zero-order valence-electron chi connectivity index (χ0n) is 17.8. The first kappa shape index (κ1) is 23.9. The molecule has 1 amide bonds. The van der Waals surface area contributed by atoms with Gasteiger partial charge in [-0.25, -0.2) is 4.98 Å². The van der Waals surface area contributed by atoms with Crippen molar-refractivity contribution in [2.45, 2.75) is 52.6 Å². The lowest BCUT2D eigenvalue weighted by Gasteiger charge is -2.13. The number of carbonyl (C=O) groups excluding carboxylic acids is 2. The Morgan fingerprint density at radius 1 is 1.13 bits per heavy atom. The van der Waals surface area contributed by atoms with E-state index in [0.717, 1.165) is 12.0 Å². The molecule has 1 heterocycles. The highest BCUT2D eigenvalue weighted by Gasteiger charge is 2.14. The summed E-state index contributed by atoms with van der Waals surface area (Å²) in [5.74, 6) is -1.02. The molecule has 0 radical (unpaired) electrons. The number of rotatable bonds is 12. The van der Waals surface area contributed by atoms with E-state index in [1.165, 1.54) is 13.0 Å². The quantitative estimate of drug-likeness (QED) is 0.349. The molecule has 8 heteroatoms. The molecule has 31 heavy (non-hydrogen) atoms. The number of Topliss-reactive ketones (excluding diaryl/α,β-unsaturated/α-hetero) is 1. The molecule has 0 fully saturated rings. The van der Waals surface area contributed by atoms with Crippen molar-refractivity contribution < 1.29 is 29.3 Å². The Labute approximate surface area is 181 Å².